The van der Waals surface area contributed by atoms with Crippen LogP contribution in [-0.2, 0) is 16.1 Å². The van der Waals surface area contributed by atoms with Gasteiger partial charge in [0.05, 0.1) is 19.7 Å². The lowest BCUT2D eigenvalue weighted by atomic mass is 10.1. The summed E-state index contributed by atoms with van der Waals surface area (Å²) in [4.78, 5) is 29.1. The fourth-order valence-electron chi connectivity index (χ4n) is 2.56. The topological polar surface area (TPSA) is 89.3 Å². The number of imide groups is 1. The molecule has 21 heavy (non-hydrogen) atoms. The van der Waals surface area contributed by atoms with Gasteiger partial charge in [-0.05, 0) is 20.3 Å². The molecule has 2 aliphatic heterocycles. The van der Waals surface area contributed by atoms with E-state index in [9.17, 15) is 9.59 Å². The van der Waals surface area contributed by atoms with Crippen LogP contribution in [0.1, 0.15) is 43.9 Å². The molecule has 114 valence electrons. The third kappa shape index (κ3) is 2.63. The predicted molar refractivity (Wildman–Crippen MR) is 72.5 cm³/mol. The van der Waals surface area contributed by atoms with Crippen LogP contribution in [0.5, 0.6) is 0 Å². The smallest absolute Gasteiger partial charge is 0.325 e. The monoisotopic (exact) mass is 293 g/mol. The number of rotatable bonds is 4. The van der Waals surface area contributed by atoms with Crippen molar-refractivity contribution in [3.05, 3.63) is 11.6 Å². The van der Waals surface area contributed by atoms with Crippen LogP contribution in [0.2, 0.25) is 0 Å². The third-order valence-corrected chi connectivity index (χ3v) is 3.74. The highest BCUT2D eigenvalue weighted by Crippen LogP contribution is 2.24. The van der Waals surface area contributed by atoms with Crippen LogP contribution in [0.25, 0.3) is 0 Å². The van der Waals surface area contributed by atoms with Gasteiger partial charge in [0.1, 0.15) is 5.82 Å². The molecule has 0 aromatic carbocycles. The molecule has 0 aliphatic carbocycles. The van der Waals surface area contributed by atoms with Gasteiger partial charge in [-0.15, -0.1) is 0 Å². The van der Waals surface area contributed by atoms with Gasteiger partial charge in [-0.1, -0.05) is 0 Å². The zero-order chi connectivity index (χ0) is 15.0. The highest BCUT2D eigenvalue weighted by Gasteiger charge is 2.31. The van der Waals surface area contributed by atoms with Gasteiger partial charge in [-0.2, -0.15) is 5.10 Å². The van der Waals surface area contributed by atoms with E-state index in [-0.39, 0.29) is 37.0 Å². The first-order valence-corrected chi connectivity index (χ1v) is 7.17. The summed E-state index contributed by atoms with van der Waals surface area (Å²) in [6, 6.07) is -0.256. The second kappa shape index (κ2) is 5.44. The van der Waals surface area contributed by atoms with E-state index in [1.54, 1.807) is 4.68 Å². The maximum absolute atomic E-state index is 11.7. The number of urea groups is 1. The van der Waals surface area contributed by atoms with Crippen molar-refractivity contribution in [1.29, 1.82) is 0 Å². The number of aromatic nitrogens is 3. The van der Waals surface area contributed by atoms with E-state index in [2.05, 4.69) is 15.4 Å². The Balaban J connectivity index is 1.85. The number of amides is 3. The molecule has 0 radical (unpaired) electrons. The second-order valence-corrected chi connectivity index (χ2v) is 5.62. The molecule has 2 saturated heterocycles. The highest BCUT2D eigenvalue weighted by atomic mass is 16.5. The Hall–Kier alpha value is -1.96. The van der Waals surface area contributed by atoms with Gasteiger partial charge in [0.2, 0.25) is 5.91 Å². The molecule has 1 aromatic heterocycles. The third-order valence-electron chi connectivity index (χ3n) is 3.74. The minimum atomic E-state index is -0.371. The lowest BCUT2D eigenvalue weighted by Crippen LogP contribution is -2.31. The van der Waals surface area contributed by atoms with E-state index in [1.165, 1.54) is 4.90 Å². The van der Waals surface area contributed by atoms with Gasteiger partial charge in [0.15, 0.2) is 5.82 Å². The van der Waals surface area contributed by atoms with Crippen LogP contribution in [-0.4, -0.2) is 51.4 Å². The van der Waals surface area contributed by atoms with Crippen molar-refractivity contribution in [2.24, 2.45) is 0 Å². The molecule has 0 bridgehead atoms. The largest absolute Gasteiger partial charge is 0.381 e. The van der Waals surface area contributed by atoms with Crippen LogP contribution in [0.3, 0.4) is 0 Å². The molecule has 1 atom stereocenters. The van der Waals surface area contributed by atoms with E-state index in [4.69, 9.17) is 4.74 Å². The number of nitrogens with zero attached hydrogens (tertiary/aromatic N) is 4. The summed E-state index contributed by atoms with van der Waals surface area (Å²) in [5.74, 6) is 1.34. The van der Waals surface area contributed by atoms with Gasteiger partial charge in [0, 0.05) is 18.6 Å². The van der Waals surface area contributed by atoms with Gasteiger partial charge in [-0.25, -0.2) is 14.5 Å². The number of hydrogen-bond donors (Lipinski definition) is 1. The maximum Gasteiger partial charge on any atom is 0.325 e. The van der Waals surface area contributed by atoms with Crippen molar-refractivity contribution < 1.29 is 14.3 Å². The Morgan fingerprint density at radius 1 is 1.43 bits per heavy atom. The lowest BCUT2D eigenvalue weighted by molar-refractivity contribution is -0.125. The zero-order valence-electron chi connectivity index (χ0n) is 12.2. The van der Waals surface area contributed by atoms with Gasteiger partial charge >= 0.3 is 6.03 Å². The Labute approximate surface area is 122 Å². The fourth-order valence-corrected chi connectivity index (χ4v) is 2.56. The number of carbonyl (C=O) groups excluding carboxylic acids is 2. The number of carbonyl (C=O) groups is 2. The lowest BCUT2D eigenvalue weighted by Gasteiger charge is -2.14. The van der Waals surface area contributed by atoms with Crippen molar-refractivity contribution in [3.8, 4) is 0 Å². The summed E-state index contributed by atoms with van der Waals surface area (Å²) >= 11 is 0. The Morgan fingerprint density at radius 2 is 2.24 bits per heavy atom. The average molecular weight is 293 g/mol. The van der Waals surface area contributed by atoms with E-state index < -0.39 is 0 Å². The molecule has 1 N–H and O–H groups in total. The molecule has 3 rings (SSSR count). The average Bonchev–Trinajstić information content (AvgIpc) is 3.14. The summed E-state index contributed by atoms with van der Waals surface area (Å²) in [6.07, 6.45) is 0.907. The molecule has 8 nitrogen and oxygen atoms in total. The zero-order valence-corrected chi connectivity index (χ0v) is 12.2. The van der Waals surface area contributed by atoms with Gasteiger partial charge < -0.3 is 10.1 Å². The SMILES string of the molecule is CC(C)n1nc(C2CCOC2)nc1CN1C(=O)CNC1=O. The van der Waals surface area contributed by atoms with Crippen LogP contribution < -0.4 is 5.32 Å². The Kier molecular flexibility index (Phi) is 3.62. The summed E-state index contributed by atoms with van der Waals surface area (Å²) in [5.41, 5.74) is 0. The van der Waals surface area contributed by atoms with E-state index in [1.807, 2.05) is 13.8 Å². The second-order valence-electron chi connectivity index (χ2n) is 5.62. The number of ether oxygens (including phenoxy) is 1. The molecule has 3 amide bonds. The first kappa shape index (κ1) is 14.0. The van der Waals surface area contributed by atoms with Crippen LogP contribution in [0.15, 0.2) is 0 Å². The molecule has 8 heteroatoms. The number of nitrogens with one attached hydrogen (secondary N) is 1. The molecule has 1 aromatic rings. The summed E-state index contributed by atoms with van der Waals surface area (Å²) < 4.78 is 7.16. The molecule has 2 aliphatic rings. The van der Waals surface area contributed by atoms with Crippen molar-refractivity contribution in [2.45, 2.75) is 38.8 Å². The minimum absolute atomic E-state index is 0.0535. The van der Waals surface area contributed by atoms with Crippen molar-refractivity contribution >= 4 is 11.9 Å². The van der Waals surface area contributed by atoms with Gasteiger partial charge in [-0.3, -0.25) is 9.69 Å². The maximum atomic E-state index is 11.7. The molecule has 3 heterocycles. The standard InChI is InChI=1S/C13H19N5O3/c1-8(2)18-10(6-17-11(19)5-14-13(17)20)15-12(16-18)9-3-4-21-7-9/h8-9H,3-7H2,1-2H3,(H,14,20). The van der Waals surface area contributed by atoms with E-state index in [0.717, 1.165) is 18.9 Å². The summed E-state index contributed by atoms with van der Waals surface area (Å²) in [6.45, 7) is 5.56. The van der Waals surface area contributed by atoms with Crippen molar-refractivity contribution in [2.75, 3.05) is 19.8 Å². The molecule has 1 unspecified atom stereocenters. The molecular formula is C13H19N5O3. The van der Waals surface area contributed by atoms with Crippen LogP contribution in [0.4, 0.5) is 4.79 Å². The summed E-state index contributed by atoms with van der Waals surface area (Å²) in [7, 11) is 0. The van der Waals surface area contributed by atoms with Crippen LogP contribution >= 0.6 is 0 Å². The molecule has 0 saturated carbocycles. The highest BCUT2D eigenvalue weighted by molar-refractivity contribution is 6.01. The molecule has 2 fully saturated rings. The fraction of sp³-hybridized carbons (Fsp3) is 0.692. The van der Waals surface area contributed by atoms with Crippen molar-refractivity contribution in [3.63, 3.8) is 0 Å². The summed E-state index contributed by atoms with van der Waals surface area (Å²) in [5, 5.41) is 7.05. The Morgan fingerprint density at radius 3 is 2.81 bits per heavy atom. The first-order valence-electron chi connectivity index (χ1n) is 7.17. The minimum Gasteiger partial charge on any atom is -0.381 e. The van der Waals surface area contributed by atoms with E-state index in [0.29, 0.717) is 12.4 Å². The quantitative estimate of drug-likeness (QED) is 0.812. The van der Waals surface area contributed by atoms with Crippen LogP contribution in [0, 0.1) is 0 Å². The van der Waals surface area contributed by atoms with E-state index >= 15 is 0 Å². The van der Waals surface area contributed by atoms with Crippen molar-refractivity contribution in [1.82, 2.24) is 25.0 Å². The molecule has 0 spiro atoms. The van der Waals surface area contributed by atoms with Gasteiger partial charge in [0.25, 0.3) is 0 Å². The number of hydrogen-bond acceptors (Lipinski definition) is 5. The normalized spacial score (nSPS) is 22.4. The molecular weight excluding hydrogens is 274 g/mol. The predicted octanol–water partition coefficient (Wildman–Crippen LogP) is 0.415. The Bertz CT molecular complexity index is 546. The first-order chi connectivity index (χ1) is 10.1.